The standard InChI is InChI=1S/C26H29F2NSSi/c1-16(2)22-14-19(13-18-9-7-8-10-21(18)22)23-24-20(11-12-29-23)17(3)25(30-24)26(27,28)15-31(4,5)6/h7-14,16H,15H2,1-6H3. The molecule has 2 aromatic carbocycles. The highest BCUT2D eigenvalue weighted by Crippen LogP contribution is 2.47. The molecule has 0 saturated heterocycles. The first kappa shape index (κ1) is 22.1. The van der Waals surface area contributed by atoms with Gasteiger partial charge in [0.15, 0.2) is 0 Å². The van der Waals surface area contributed by atoms with E-state index in [9.17, 15) is 0 Å². The Morgan fingerprint density at radius 3 is 2.42 bits per heavy atom. The Morgan fingerprint density at radius 2 is 1.74 bits per heavy atom. The van der Waals surface area contributed by atoms with Gasteiger partial charge < -0.3 is 0 Å². The van der Waals surface area contributed by atoms with Crippen molar-refractivity contribution in [3.05, 3.63) is 64.7 Å². The fourth-order valence-electron chi connectivity index (χ4n) is 4.40. The van der Waals surface area contributed by atoms with Gasteiger partial charge in [0.25, 0.3) is 5.92 Å². The Morgan fingerprint density at radius 1 is 1.03 bits per heavy atom. The van der Waals surface area contributed by atoms with E-state index < -0.39 is 14.0 Å². The number of pyridine rings is 1. The number of hydrogen-bond donors (Lipinski definition) is 0. The summed E-state index contributed by atoms with van der Waals surface area (Å²) >= 11 is 1.22. The van der Waals surface area contributed by atoms with E-state index in [0.717, 1.165) is 26.7 Å². The molecule has 2 heterocycles. The molecule has 0 spiro atoms. The van der Waals surface area contributed by atoms with Crippen LogP contribution in [0.15, 0.2) is 48.7 Å². The molecule has 0 amide bonds. The molecule has 0 aliphatic carbocycles. The van der Waals surface area contributed by atoms with Gasteiger partial charge in [0, 0.05) is 17.8 Å². The lowest BCUT2D eigenvalue weighted by Gasteiger charge is -2.24. The van der Waals surface area contributed by atoms with Crippen LogP contribution in [0.2, 0.25) is 25.7 Å². The van der Waals surface area contributed by atoms with Crippen molar-refractivity contribution in [2.45, 2.75) is 58.3 Å². The SMILES string of the molecule is Cc1c(C(F)(F)C[Si](C)(C)C)sc2c(-c3cc(C(C)C)c4ccccc4c3)nccc12. The second kappa shape index (κ2) is 7.79. The molecule has 5 heteroatoms. The number of rotatable bonds is 5. The third-order valence-corrected chi connectivity index (χ3v) is 8.66. The largest absolute Gasteiger partial charge is 0.280 e. The first-order chi connectivity index (χ1) is 14.5. The second-order valence-electron chi connectivity index (χ2n) is 9.98. The third-order valence-electron chi connectivity index (χ3n) is 5.73. The molecular weight excluding hydrogens is 424 g/mol. The zero-order valence-electron chi connectivity index (χ0n) is 19.0. The maximum atomic E-state index is 15.3. The van der Waals surface area contributed by atoms with Crippen LogP contribution in [0.25, 0.3) is 32.1 Å². The summed E-state index contributed by atoms with van der Waals surface area (Å²) in [6.07, 6.45) is 1.75. The summed E-state index contributed by atoms with van der Waals surface area (Å²) in [5.41, 5.74) is 3.74. The van der Waals surface area contributed by atoms with Crippen LogP contribution in [-0.4, -0.2) is 13.1 Å². The third kappa shape index (κ3) is 4.18. The van der Waals surface area contributed by atoms with E-state index in [1.54, 1.807) is 6.20 Å². The van der Waals surface area contributed by atoms with E-state index in [1.165, 1.54) is 22.3 Å². The van der Waals surface area contributed by atoms with Crippen LogP contribution in [0, 0.1) is 6.92 Å². The van der Waals surface area contributed by atoms with Crippen molar-refractivity contribution in [2.24, 2.45) is 0 Å². The van der Waals surface area contributed by atoms with Crippen LogP contribution < -0.4 is 0 Å². The van der Waals surface area contributed by atoms with Gasteiger partial charge in [-0.15, -0.1) is 11.3 Å². The molecule has 0 radical (unpaired) electrons. The van der Waals surface area contributed by atoms with E-state index in [4.69, 9.17) is 0 Å². The summed E-state index contributed by atoms with van der Waals surface area (Å²) in [6, 6.07) is 14.5. The zero-order valence-corrected chi connectivity index (χ0v) is 20.8. The van der Waals surface area contributed by atoms with Gasteiger partial charge in [0.05, 0.1) is 23.3 Å². The molecule has 31 heavy (non-hydrogen) atoms. The molecule has 4 aromatic rings. The summed E-state index contributed by atoms with van der Waals surface area (Å²) in [5.74, 6) is -2.45. The van der Waals surface area contributed by atoms with Crippen molar-refractivity contribution >= 4 is 40.3 Å². The number of nitrogens with zero attached hydrogens (tertiary/aromatic N) is 1. The molecule has 0 unspecified atom stereocenters. The monoisotopic (exact) mass is 453 g/mol. The second-order valence-corrected chi connectivity index (χ2v) is 16.5. The topological polar surface area (TPSA) is 12.9 Å². The maximum Gasteiger partial charge on any atom is 0.280 e. The van der Waals surface area contributed by atoms with Crippen molar-refractivity contribution in [1.82, 2.24) is 4.98 Å². The summed E-state index contributed by atoms with van der Waals surface area (Å²) in [5, 5.41) is 3.28. The Balaban J connectivity index is 1.94. The smallest absolute Gasteiger partial charge is 0.255 e. The average Bonchev–Trinajstić information content (AvgIpc) is 3.03. The predicted molar refractivity (Wildman–Crippen MR) is 133 cm³/mol. The van der Waals surface area contributed by atoms with Crippen molar-refractivity contribution in [3.8, 4) is 11.3 Å². The van der Waals surface area contributed by atoms with Crippen LogP contribution >= 0.6 is 11.3 Å². The van der Waals surface area contributed by atoms with Crippen LogP contribution in [-0.2, 0) is 5.92 Å². The quantitative estimate of drug-likeness (QED) is 0.275. The van der Waals surface area contributed by atoms with Gasteiger partial charge in [-0.1, -0.05) is 57.8 Å². The molecule has 2 aromatic heterocycles. The van der Waals surface area contributed by atoms with Gasteiger partial charge in [0.1, 0.15) is 0 Å². The molecule has 1 nitrogen and oxygen atoms in total. The Bertz CT molecular complexity index is 1270. The van der Waals surface area contributed by atoms with Gasteiger partial charge in [-0.05, 0) is 58.3 Å². The number of halogens is 2. The number of hydrogen-bond acceptors (Lipinski definition) is 2. The van der Waals surface area contributed by atoms with Crippen molar-refractivity contribution in [1.29, 1.82) is 0 Å². The van der Waals surface area contributed by atoms with Gasteiger partial charge >= 0.3 is 0 Å². The van der Waals surface area contributed by atoms with Crippen LogP contribution in [0.1, 0.15) is 35.8 Å². The lowest BCUT2D eigenvalue weighted by atomic mass is 9.92. The molecule has 162 valence electrons. The van der Waals surface area contributed by atoms with E-state index in [0.29, 0.717) is 11.5 Å². The van der Waals surface area contributed by atoms with E-state index in [1.807, 2.05) is 38.7 Å². The molecule has 0 atom stereocenters. The molecule has 0 saturated carbocycles. The lowest BCUT2D eigenvalue weighted by Crippen LogP contribution is -2.29. The van der Waals surface area contributed by atoms with Gasteiger partial charge in [0.2, 0.25) is 0 Å². The minimum Gasteiger partial charge on any atom is -0.255 e. The van der Waals surface area contributed by atoms with Crippen molar-refractivity contribution < 1.29 is 8.78 Å². The molecule has 0 aliphatic rings. The summed E-state index contributed by atoms with van der Waals surface area (Å²) in [7, 11) is -1.93. The maximum absolute atomic E-state index is 15.3. The highest BCUT2D eigenvalue weighted by atomic mass is 32.1. The summed E-state index contributed by atoms with van der Waals surface area (Å²) < 4.78 is 31.4. The molecule has 0 N–H and O–H groups in total. The fourth-order valence-corrected chi connectivity index (χ4v) is 7.33. The van der Waals surface area contributed by atoms with E-state index in [-0.39, 0.29) is 10.9 Å². The Hall–Kier alpha value is -2.11. The van der Waals surface area contributed by atoms with Crippen LogP contribution in [0.4, 0.5) is 8.78 Å². The van der Waals surface area contributed by atoms with Crippen molar-refractivity contribution in [2.75, 3.05) is 0 Å². The highest BCUT2D eigenvalue weighted by molar-refractivity contribution is 7.20. The number of aryl methyl sites for hydroxylation is 1. The predicted octanol–water partition coefficient (Wildman–Crippen LogP) is 8.98. The van der Waals surface area contributed by atoms with Gasteiger partial charge in [-0.25, -0.2) is 8.78 Å². The fraction of sp³-hybridized carbons (Fsp3) is 0.346. The summed E-state index contributed by atoms with van der Waals surface area (Å²) in [4.78, 5) is 4.87. The summed E-state index contributed by atoms with van der Waals surface area (Å²) in [6.45, 7) is 12.2. The van der Waals surface area contributed by atoms with Gasteiger partial charge in [-0.2, -0.15) is 0 Å². The van der Waals surface area contributed by atoms with Crippen LogP contribution in [0.5, 0.6) is 0 Å². The normalized spacial score (nSPS) is 12.9. The first-order valence-corrected chi connectivity index (χ1v) is 15.3. The average molecular weight is 454 g/mol. The number of benzene rings is 2. The van der Waals surface area contributed by atoms with E-state index in [2.05, 4.69) is 49.2 Å². The van der Waals surface area contributed by atoms with Gasteiger partial charge in [-0.3, -0.25) is 4.98 Å². The van der Waals surface area contributed by atoms with Crippen LogP contribution in [0.3, 0.4) is 0 Å². The first-order valence-electron chi connectivity index (χ1n) is 10.8. The van der Waals surface area contributed by atoms with E-state index >= 15 is 8.78 Å². The Kier molecular flexibility index (Phi) is 5.55. The number of thiophene rings is 1. The molecule has 0 aliphatic heterocycles. The number of fused-ring (bicyclic) bond motifs is 2. The van der Waals surface area contributed by atoms with Crippen molar-refractivity contribution in [3.63, 3.8) is 0 Å². The molecule has 0 fully saturated rings. The zero-order chi connectivity index (χ0) is 22.6. The molecule has 0 bridgehead atoms. The lowest BCUT2D eigenvalue weighted by molar-refractivity contribution is 0.0196. The Labute approximate surface area is 188 Å². The highest BCUT2D eigenvalue weighted by Gasteiger charge is 2.40. The number of alkyl halides is 2. The molecular formula is C26H29F2NSSi. The molecule has 4 rings (SSSR count). The minimum atomic E-state index is -2.80. The minimum absolute atomic E-state index is 0.0378. The number of aromatic nitrogens is 1.